The summed E-state index contributed by atoms with van der Waals surface area (Å²) in [5.41, 5.74) is 8.28. The molecule has 104 valence electrons. The number of carbonyl (C=O) groups excluding carboxylic acids is 1. The fourth-order valence-electron chi connectivity index (χ4n) is 2.37. The molecule has 1 aromatic carbocycles. The summed E-state index contributed by atoms with van der Waals surface area (Å²) in [4.78, 5) is 15.8. The highest BCUT2D eigenvalue weighted by molar-refractivity contribution is 5.81. The predicted octanol–water partition coefficient (Wildman–Crippen LogP) is 1.76. The number of benzene rings is 1. The van der Waals surface area contributed by atoms with Gasteiger partial charge in [0.25, 0.3) is 0 Å². The van der Waals surface area contributed by atoms with E-state index < -0.39 is 0 Å². The van der Waals surface area contributed by atoms with Gasteiger partial charge >= 0.3 is 0 Å². The minimum Gasteiger partial charge on any atom is -0.362 e. The zero-order valence-corrected chi connectivity index (χ0v) is 11.8. The third kappa shape index (κ3) is 3.26. The second-order valence-corrected chi connectivity index (χ2v) is 5.20. The van der Waals surface area contributed by atoms with Crippen molar-refractivity contribution in [3.05, 3.63) is 29.8 Å². The minimum atomic E-state index is 0.103. The molecule has 0 saturated carbocycles. The van der Waals surface area contributed by atoms with Crippen molar-refractivity contribution in [3.63, 3.8) is 0 Å². The number of nitrogens with zero attached hydrogens (tertiary/aromatic N) is 2. The number of hydrogen-bond acceptors (Lipinski definition) is 3. The Morgan fingerprint density at radius 3 is 2.58 bits per heavy atom. The zero-order chi connectivity index (χ0) is 13.8. The van der Waals surface area contributed by atoms with Crippen LogP contribution in [-0.4, -0.2) is 37.5 Å². The van der Waals surface area contributed by atoms with Gasteiger partial charge in [-0.1, -0.05) is 19.1 Å². The Kier molecular flexibility index (Phi) is 4.43. The minimum absolute atomic E-state index is 0.103. The van der Waals surface area contributed by atoms with E-state index in [0.29, 0.717) is 6.54 Å². The molecule has 1 atom stereocenters. The molecule has 1 amide bonds. The van der Waals surface area contributed by atoms with Gasteiger partial charge in [-0.05, 0) is 30.5 Å². The van der Waals surface area contributed by atoms with Crippen LogP contribution in [0, 0.1) is 0 Å². The SMILES string of the molecule is CC[C@@H](N)c1ccc(N2CCCN(C)C(=O)C2)cc1. The topological polar surface area (TPSA) is 49.6 Å². The van der Waals surface area contributed by atoms with Gasteiger partial charge in [-0.25, -0.2) is 0 Å². The normalized spacial score (nSPS) is 18.4. The highest BCUT2D eigenvalue weighted by Gasteiger charge is 2.19. The molecule has 1 heterocycles. The van der Waals surface area contributed by atoms with E-state index in [0.717, 1.165) is 37.2 Å². The lowest BCUT2D eigenvalue weighted by Crippen LogP contribution is -2.34. The van der Waals surface area contributed by atoms with Gasteiger partial charge in [-0.15, -0.1) is 0 Å². The molecule has 1 saturated heterocycles. The van der Waals surface area contributed by atoms with Crippen LogP contribution in [0.15, 0.2) is 24.3 Å². The van der Waals surface area contributed by atoms with Crippen molar-refractivity contribution in [2.75, 3.05) is 31.6 Å². The molecule has 1 aromatic rings. The molecular weight excluding hydrogens is 238 g/mol. The van der Waals surface area contributed by atoms with Crippen molar-refractivity contribution < 1.29 is 4.79 Å². The molecule has 1 aliphatic rings. The van der Waals surface area contributed by atoms with E-state index in [9.17, 15) is 4.79 Å². The smallest absolute Gasteiger partial charge is 0.241 e. The highest BCUT2D eigenvalue weighted by atomic mass is 16.2. The van der Waals surface area contributed by atoms with Crippen molar-refractivity contribution in [3.8, 4) is 0 Å². The maximum Gasteiger partial charge on any atom is 0.241 e. The summed E-state index contributed by atoms with van der Waals surface area (Å²) in [6.45, 7) is 4.32. The van der Waals surface area contributed by atoms with E-state index in [2.05, 4.69) is 36.1 Å². The van der Waals surface area contributed by atoms with Crippen LogP contribution in [0.5, 0.6) is 0 Å². The van der Waals surface area contributed by atoms with E-state index >= 15 is 0 Å². The Morgan fingerprint density at radius 1 is 1.26 bits per heavy atom. The Balaban J connectivity index is 2.11. The first-order valence-electron chi connectivity index (χ1n) is 6.96. The molecule has 2 N–H and O–H groups in total. The van der Waals surface area contributed by atoms with Crippen LogP contribution in [0.2, 0.25) is 0 Å². The molecule has 4 heteroatoms. The van der Waals surface area contributed by atoms with Crippen LogP contribution >= 0.6 is 0 Å². The van der Waals surface area contributed by atoms with Gasteiger partial charge in [-0.2, -0.15) is 0 Å². The molecule has 0 unspecified atom stereocenters. The third-order valence-corrected chi connectivity index (χ3v) is 3.80. The fraction of sp³-hybridized carbons (Fsp3) is 0.533. The van der Waals surface area contributed by atoms with Crippen LogP contribution < -0.4 is 10.6 Å². The summed E-state index contributed by atoms with van der Waals surface area (Å²) < 4.78 is 0. The van der Waals surface area contributed by atoms with Gasteiger partial charge in [0.2, 0.25) is 5.91 Å². The molecule has 0 aliphatic carbocycles. The summed E-state index contributed by atoms with van der Waals surface area (Å²) in [6, 6.07) is 8.39. The van der Waals surface area contributed by atoms with Crippen molar-refractivity contribution in [2.24, 2.45) is 5.73 Å². The highest BCUT2D eigenvalue weighted by Crippen LogP contribution is 2.21. The number of anilines is 1. The van der Waals surface area contributed by atoms with Gasteiger partial charge in [-0.3, -0.25) is 4.79 Å². The first kappa shape index (κ1) is 13.9. The summed E-state index contributed by atoms with van der Waals surface area (Å²) >= 11 is 0. The molecule has 1 fully saturated rings. The molecule has 4 nitrogen and oxygen atoms in total. The lowest BCUT2D eigenvalue weighted by molar-refractivity contribution is -0.127. The lowest BCUT2D eigenvalue weighted by Gasteiger charge is -2.22. The van der Waals surface area contributed by atoms with Crippen molar-refractivity contribution in [1.82, 2.24) is 4.90 Å². The maximum absolute atomic E-state index is 11.9. The van der Waals surface area contributed by atoms with Gasteiger partial charge in [0.1, 0.15) is 0 Å². The summed E-state index contributed by atoms with van der Waals surface area (Å²) in [5, 5.41) is 0. The van der Waals surface area contributed by atoms with Gasteiger partial charge in [0.15, 0.2) is 0 Å². The molecular formula is C15H23N3O. The van der Waals surface area contributed by atoms with E-state index in [1.807, 2.05) is 7.05 Å². The van der Waals surface area contributed by atoms with E-state index in [1.165, 1.54) is 0 Å². The monoisotopic (exact) mass is 261 g/mol. The second kappa shape index (κ2) is 6.06. The quantitative estimate of drug-likeness (QED) is 0.902. The Hall–Kier alpha value is -1.55. The standard InChI is InChI=1S/C15H23N3O/c1-3-14(16)12-5-7-13(8-6-12)18-10-4-9-17(2)15(19)11-18/h5-8,14H,3-4,9-11,16H2,1-2H3/t14-/m1/s1. The summed E-state index contributed by atoms with van der Waals surface area (Å²) in [5.74, 6) is 0.187. The summed E-state index contributed by atoms with van der Waals surface area (Å²) in [7, 11) is 1.87. The largest absolute Gasteiger partial charge is 0.362 e. The molecule has 0 radical (unpaired) electrons. The van der Waals surface area contributed by atoms with Crippen LogP contribution in [0.3, 0.4) is 0 Å². The lowest BCUT2D eigenvalue weighted by atomic mass is 10.1. The predicted molar refractivity (Wildman–Crippen MR) is 78.1 cm³/mol. The summed E-state index contributed by atoms with van der Waals surface area (Å²) in [6.07, 6.45) is 1.95. The zero-order valence-electron chi connectivity index (χ0n) is 11.8. The first-order chi connectivity index (χ1) is 9.11. The number of nitrogens with two attached hydrogens (primary N) is 1. The average Bonchev–Trinajstić information content (AvgIpc) is 2.60. The van der Waals surface area contributed by atoms with Crippen molar-refractivity contribution in [2.45, 2.75) is 25.8 Å². The maximum atomic E-state index is 11.9. The Labute approximate surface area is 115 Å². The second-order valence-electron chi connectivity index (χ2n) is 5.20. The molecule has 19 heavy (non-hydrogen) atoms. The molecule has 0 spiro atoms. The third-order valence-electron chi connectivity index (χ3n) is 3.80. The molecule has 0 bridgehead atoms. The van der Waals surface area contributed by atoms with Gasteiger partial charge in [0.05, 0.1) is 6.54 Å². The Morgan fingerprint density at radius 2 is 1.95 bits per heavy atom. The van der Waals surface area contributed by atoms with Crippen LogP contribution in [0.25, 0.3) is 0 Å². The van der Waals surface area contributed by atoms with Crippen LogP contribution in [0.4, 0.5) is 5.69 Å². The van der Waals surface area contributed by atoms with E-state index in [1.54, 1.807) is 4.90 Å². The number of amides is 1. The Bertz CT molecular complexity index is 430. The number of rotatable bonds is 3. The van der Waals surface area contributed by atoms with Crippen LogP contribution in [0.1, 0.15) is 31.4 Å². The first-order valence-corrected chi connectivity index (χ1v) is 6.96. The van der Waals surface area contributed by atoms with Crippen molar-refractivity contribution >= 4 is 11.6 Å². The van der Waals surface area contributed by atoms with Crippen molar-refractivity contribution in [1.29, 1.82) is 0 Å². The molecule has 0 aromatic heterocycles. The molecule has 1 aliphatic heterocycles. The average molecular weight is 261 g/mol. The van der Waals surface area contributed by atoms with E-state index in [4.69, 9.17) is 5.73 Å². The molecule has 2 rings (SSSR count). The van der Waals surface area contributed by atoms with Crippen LogP contribution in [-0.2, 0) is 4.79 Å². The number of hydrogen-bond donors (Lipinski definition) is 1. The fourth-order valence-corrected chi connectivity index (χ4v) is 2.37. The number of likely N-dealkylation sites (N-methyl/N-ethyl adjacent to an activating group) is 1. The number of carbonyl (C=O) groups is 1. The van der Waals surface area contributed by atoms with Gasteiger partial charge in [0, 0.05) is 31.9 Å². The van der Waals surface area contributed by atoms with Gasteiger partial charge < -0.3 is 15.5 Å². The van der Waals surface area contributed by atoms with E-state index in [-0.39, 0.29) is 11.9 Å².